The molecule has 0 aromatic heterocycles. The molecule has 3 N–H and O–H groups in total. The lowest BCUT2D eigenvalue weighted by Crippen LogP contribution is -2.56. The number of rotatable bonds is 3. The van der Waals surface area contributed by atoms with Gasteiger partial charge in [-0.25, -0.2) is 0 Å². The van der Waals surface area contributed by atoms with Gasteiger partial charge in [0, 0.05) is 12.0 Å². The van der Waals surface area contributed by atoms with Gasteiger partial charge in [0.15, 0.2) is 0 Å². The molecule has 0 aromatic rings. The van der Waals surface area contributed by atoms with Crippen molar-refractivity contribution in [3.05, 3.63) is 0 Å². The van der Waals surface area contributed by atoms with Crippen molar-refractivity contribution in [2.24, 2.45) is 23.0 Å². The van der Waals surface area contributed by atoms with Gasteiger partial charge in [0.2, 0.25) is 0 Å². The fraction of sp³-hybridized carbons (Fsp3) is 1.00. The predicted octanol–water partition coefficient (Wildman–Crippen LogP) is 2.55. The third-order valence-corrected chi connectivity index (χ3v) is 4.42. The molecule has 2 heteroatoms. The van der Waals surface area contributed by atoms with Crippen LogP contribution in [0.15, 0.2) is 0 Å². The monoisotopic (exact) mass is 213 g/mol. The molecule has 1 fully saturated rings. The van der Waals surface area contributed by atoms with E-state index in [2.05, 4.69) is 27.7 Å². The van der Waals surface area contributed by atoms with Gasteiger partial charge in [-0.3, -0.25) is 0 Å². The molecule has 0 spiro atoms. The molecule has 2 atom stereocenters. The largest absolute Gasteiger partial charge is 0.389 e. The predicted molar refractivity (Wildman–Crippen MR) is 64.6 cm³/mol. The van der Waals surface area contributed by atoms with Crippen LogP contribution in [0.4, 0.5) is 0 Å². The second kappa shape index (κ2) is 4.42. The minimum atomic E-state index is -0.561. The first-order valence-corrected chi connectivity index (χ1v) is 6.27. The van der Waals surface area contributed by atoms with Gasteiger partial charge in [-0.15, -0.1) is 0 Å². The lowest BCUT2D eigenvalue weighted by Gasteiger charge is -2.51. The number of hydrogen-bond acceptors (Lipinski definition) is 2. The molecule has 0 aliphatic heterocycles. The Balaban J connectivity index is 2.95. The SMILES string of the molecule is CC(C)C1CCCCC1(O)C(C)(C)CN. The molecule has 1 rings (SSSR count). The first-order valence-electron chi connectivity index (χ1n) is 6.27. The van der Waals surface area contributed by atoms with Crippen LogP contribution in [0.3, 0.4) is 0 Å². The Hall–Kier alpha value is -0.0800. The van der Waals surface area contributed by atoms with Gasteiger partial charge in [0.1, 0.15) is 0 Å². The Bertz CT molecular complexity index is 213. The van der Waals surface area contributed by atoms with E-state index < -0.39 is 5.60 Å². The molecule has 1 aliphatic rings. The highest BCUT2D eigenvalue weighted by molar-refractivity contribution is 5.01. The summed E-state index contributed by atoms with van der Waals surface area (Å²) in [7, 11) is 0. The van der Waals surface area contributed by atoms with E-state index in [-0.39, 0.29) is 5.41 Å². The van der Waals surface area contributed by atoms with Gasteiger partial charge >= 0.3 is 0 Å². The molecule has 0 saturated heterocycles. The maximum Gasteiger partial charge on any atom is 0.0740 e. The van der Waals surface area contributed by atoms with Crippen LogP contribution < -0.4 is 5.73 Å². The third kappa shape index (κ3) is 2.21. The minimum Gasteiger partial charge on any atom is -0.389 e. The summed E-state index contributed by atoms with van der Waals surface area (Å²) in [6.45, 7) is 9.20. The van der Waals surface area contributed by atoms with E-state index in [1.807, 2.05) is 0 Å². The van der Waals surface area contributed by atoms with Crippen LogP contribution in [0, 0.1) is 17.3 Å². The molecule has 1 aliphatic carbocycles. The average Bonchev–Trinajstić information content (AvgIpc) is 2.17. The second-order valence-corrected chi connectivity index (χ2v) is 6.11. The molecular formula is C13H27NO. The molecule has 0 heterocycles. The first-order chi connectivity index (χ1) is 6.85. The van der Waals surface area contributed by atoms with Gasteiger partial charge in [-0.1, -0.05) is 40.5 Å². The molecule has 1 saturated carbocycles. The molecule has 90 valence electrons. The summed E-state index contributed by atoms with van der Waals surface area (Å²) < 4.78 is 0. The topological polar surface area (TPSA) is 46.2 Å². The Kier molecular flexibility index (Phi) is 3.83. The highest BCUT2D eigenvalue weighted by Gasteiger charge is 2.50. The van der Waals surface area contributed by atoms with Crippen molar-refractivity contribution in [1.82, 2.24) is 0 Å². The first kappa shape index (κ1) is 13.0. The molecule has 0 aromatic carbocycles. The van der Waals surface area contributed by atoms with E-state index in [4.69, 9.17) is 5.73 Å². The summed E-state index contributed by atoms with van der Waals surface area (Å²) in [5.41, 5.74) is 5.10. The van der Waals surface area contributed by atoms with Crippen molar-refractivity contribution in [1.29, 1.82) is 0 Å². The molecule has 0 amide bonds. The van der Waals surface area contributed by atoms with Crippen molar-refractivity contribution in [2.45, 2.75) is 59.0 Å². The van der Waals surface area contributed by atoms with Crippen molar-refractivity contribution in [3.63, 3.8) is 0 Å². The normalized spacial score (nSPS) is 33.4. The fourth-order valence-corrected chi connectivity index (χ4v) is 3.08. The van der Waals surface area contributed by atoms with Crippen molar-refractivity contribution in [2.75, 3.05) is 6.54 Å². The van der Waals surface area contributed by atoms with Crippen LogP contribution in [0.1, 0.15) is 53.4 Å². The van der Waals surface area contributed by atoms with Gasteiger partial charge in [0.05, 0.1) is 5.60 Å². The highest BCUT2D eigenvalue weighted by Crippen LogP contribution is 2.48. The lowest BCUT2D eigenvalue weighted by molar-refractivity contribution is -0.143. The molecule has 0 radical (unpaired) electrons. The summed E-state index contributed by atoms with van der Waals surface area (Å²) in [6, 6.07) is 0. The van der Waals surface area contributed by atoms with Gasteiger partial charge in [-0.2, -0.15) is 0 Å². The molecular weight excluding hydrogens is 186 g/mol. The Morgan fingerprint density at radius 2 is 2.00 bits per heavy atom. The average molecular weight is 213 g/mol. The highest BCUT2D eigenvalue weighted by atomic mass is 16.3. The van der Waals surface area contributed by atoms with Crippen molar-refractivity contribution < 1.29 is 5.11 Å². The van der Waals surface area contributed by atoms with E-state index >= 15 is 0 Å². The standard InChI is InChI=1S/C13H27NO/c1-10(2)11-7-5-6-8-13(11,15)12(3,4)9-14/h10-11,15H,5-9,14H2,1-4H3. The maximum atomic E-state index is 10.9. The second-order valence-electron chi connectivity index (χ2n) is 6.11. The van der Waals surface area contributed by atoms with E-state index in [0.29, 0.717) is 18.4 Å². The van der Waals surface area contributed by atoms with Crippen molar-refractivity contribution in [3.8, 4) is 0 Å². The van der Waals surface area contributed by atoms with Gasteiger partial charge in [0.25, 0.3) is 0 Å². The van der Waals surface area contributed by atoms with E-state index in [1.54, 1.807) is 0 Å². The summed E-state index contributed by atoms with van der Waals surface area (Å²) in [6.07, 6.45) is 4.46. The van der Waals surface area contributed by atoms with Crippen LogP contribution in [0.5, 0.6) is 0 Å². The molecule has 15 heavy (non-hydrogen) atoms. The fourth-order valence-electron chi connectivity index (χ4n) is 3.08. The zero-order chi connectivity index (χ0) is 11.7. The number of hydrogen-bond donors (Lipinski definition) is 2. The minimum absolute atomic E-state index is 0.164. The number of aliphatic hydroxyl groups is 1. The summed E-state index contributed by atoms with van der Waals surface area (Å²) in [5.74, 6) is 0.950. The van der Waals surface area contributed by atoms with E-state index in [0.717, 1.165) is 19.3 Å². The smallest absolute Gasteiger partial charge is 0.0740 e. The van der Waals surface area contributed by atoms with Crippen molar-refractivity contribution >= 4 is 0 Å². The van der Waals surface area contributed by atoms with Gasteiger partial charge in [-0.05, 0) is 24.7 Å². The summed E-state index contributed by atoms with van der Waals surface area (Å²) in [5, 5.41) is 10.9. The summed E-state index contributed by atoms with van der Waals surface area (Å²) >= 11 is 0. The quantitative estimate of drug-likeness (QED) is 0.757. The molecule has 2 nitrogen and oxygen atoms in total. The van der Waals surface area contributed by atoms with Crippen LogP contribution in [-0.4, -0.2) is 17.3 Å². The van der Waals surface area contributed by atoms with Gasteiger partial charge < -0.3 is 10.8 Å². The molecule has 0 bridgehead atoms. The van der Waals surface area contributed by atoms with Crippen LogP contribution in [-0.2, 0) is 0 Å². The summed E-state index contributed by atoms with van der Waals surface area (Å²) in [4.78, 5) is 0. The zero-order valence-corrected chi connectivity index (χ0v) is 10.7. The van der Waals surface area contributed by atoms with E-state index in [1.165, 1.54) is 6.42 Å². The third-order valence-electron chi connectivity index (χ3n) is 4.42. The van der Waals surface area contributed by atoms with Crippen LogP contribution in [0.2, 0.25) is 0 Å². The lowest BCUT2D eigenvalue weighted by atomic mass is 9.59. The van der Waals surface area contributed by atoms with E-state index in [9.17, 15) is 5.11 Å². The Labute approximate surface area is 94.2 Å². The maximum absolute atomic E-state index is 10.9. The number of nitrogens with two attached hydrogens (primary N) is 1. The Morgan fingerprint density at radius 3 is 2.47 bits per heavy atom. The van der Waals surface area contributed by atoms with Crippen LogP contribution in [0.25, 0.3) is 0 Å². The van der Waals surface area contributed by atoms with Crippen LogP contribution >= 0.6 is 0 Å². The molecule has 2 unspecified atom stereocenters. The zero-order valence-electron chi connectivity index (χ0n) is 10.7. The Morgan fingerprint density at radius 1 is 1.40 bits per heavy atom.